The van der Waals surface area contributed by atoms with E-state index in [2.05, 4.69) is 10.5 Å². The molecule has 0 radical (unpaired) electrons. The fourth-order valence-electron chi connectivity index (χ4n) is 3.06. The number of benzene rings is 2. The molecule has 9 nitrogen and oxygen atoms in total. The fourth-order valence-corrected chi connectivity index (χ4v) is 3.06. The Bertz CT molecular complexity index is 1030. The highest BCUT2D eigenvalue weighted by Crippen LogP contribution is 2.37. The molecule has 3 rings (SSSR count). The van der Waals surface area contributed by atoms with Crippen LogP contribution in [0.15, 0.2) is 29.4 Å². The number of ether oxygens (including phenoxy) is 2. The van der Waals surface area contributed by atoms with Gasteiger partial charge in [-0.05, 0) is 35.1 Å². The first-order chi connectivity index (χ1) is 14.2. The molecular weight excluding hydrogens is 390 g/mol. The maximum absolute atomic E-state index is 12.6. The number of amides is 1. The average Bonchev–Trinajstić information content (AvgIpc) is 3.14. The van der Waals surface area contributed by atoms with Crippen molar-refractivity contribution in [3.05, 3.63) is 56.6 Å². The summed E-state index contributed by atoms with van der Waals surface area (Å²) in [6.07, 6.45) is 1.16. The summed E-state index contributed by atoms with van der Waals surface area (Å²) in [5, 5.41) is 25.7. The van der Waals surface area contributed by atoms with Gasteiger partial charge in [0.25, 0.3) is 11.6 Å². The zero-order valence-electron chi connectivity index (χ0n) is 17.1. The number of nitrogens with one attached hydrogen (secondary N) is 1. The van der Waals surface area contributed by atoms with E-state index in [0.717, 1.165) is 11.8 Å². The summed E-state index contributed by atoms with van der Waals surface area (Å²) in [7, 11) is 0. The molecule has 0 aromatic heterocycles. The molecule has 0 unspecified atom stereocenters. The van der Waals surface area contributed by atoms with E-state index in [9.17, 15) is 20.0 Å². The highest BCUT2D eigenvalue weighted by molar-refractivity contribution is 5.98. The lowest BCUT2D eigenvalue weighted by molar-refractivity contribution is -0.385. The summed E-state index contributed by atoms with van der Waals surface area (Å²) in [5.74, 6) is 0.105. The molecule has 1 heterocycles. The normalized spacial score (nSPS) is 12.7. The molecule has 158 valence electrons. The van der Waals surface area contributed by atoms with Crippen LogP contribution in [0.25, 0.3) is 0 Å². The third-order valence-electron chi connectivity index (χ3n) is 4.78. The maximum atomic E-state index is 12.6. The van der Waals surface area contributed by atoms with Crippen LogP contribution in [0.5, 0.6) is 17.2 Å². The van der Waals surface area contributed by atoms with Gasteiger partial charge in [-0.25, -0.2) is 5.43 Å². The van der Waals surface area contributed by atoms with Gasteiger partial charge in [0, 0.05) is 0 Å². The van der Waals surface area contributed by atoms with Crippen LogP contribution in [0.2, 0.25) is 0 Å². The Hall–Kier alpha value is -3.62. The van der Waals surface area contributed by atoms with E-state index in [0.29, 0.717) is 11.3 Å². The Kier molecular flexibility index (Phi) is 5.91. The van der Waals surface area contributed by atoms with Crippen LogP contribution in [0.4, 0.5) is 5.69 Å². The molecule has 1 aliphatic rings. The van der Waals surface area contributed by atoms with E-state index in [1.54, 1.807) is 6.07 Å². The third-order valence-corrected chi connectivity index (χ3v) is 4.78. The van der Waals surface area contributed by atoms with Gasteiger partial charge in [-0.3, -0.25) is 14.9 Å². The van der Waals surface area contributed by atoms with Crippen molar-refractivity contribution < 1.29 is 24.3 Å². The van der Waals surface area contributed by atoms with Gasteiger partial charge in [0.05, 0.1) is 28.3 Å². The molecule has 0 aliphatic carbocycles. The van der Waals surface area contributed by atoms with Gasteiger partial charge >= 0.3 is 0 Å². The monoisotopic (exact) mass is 413 g/mol. The number of phenolic OH excluding ortho intramolecular Hbond substituents is 1. The van der Waals surface area contributed by atoms with Crippen LogP contribution in [0.1, 0.15) is 66.6 Å². The van der Waals surface area contributed by atoms with Crippen molar-refractivity contribution in [1.82, 2.24) is 5.43 Å². The number of carbonyl (C=O) groups excluding carboxylic acids is 1. The van der Waals surface area contributed by atoms with Gasteiger partial charge < -0.3 is 14.6 Å². The number of phenols is 1. The predicted octanol–water partition coefficient (Wildman–Crippen LogP) is 4.04. The van der Waals surface area contributed by atoms with Crippen molar-refractivity contribution in [2.24, 2.45) is 5.10 Å². The Morgan fingerprint density at radius 1 is 1.17 bits per heavy atom. The van der Waals surface area contributed by atoms with Crippen molar-refractivity contribution in [3.63, 3.8) is 0 Å². The molecule has 0 spiro atoms. The van der Waals surface area contributed by atoms with Crippen LogP contribution < -0.4 is 14.9 Å². The Balaban J connectivity index is 1.88. The molecule has 1 aliphatic heterocycles. The lowest BCUT2D eigenvalue weighted by atomic mass is 9.92. The van der Waals surface area contributed by atoms with E-state index >= 15 is 0 Å². The zero-order valence-corrected chi connectivity index (χ0v) is 17.1. The van der Waals surface area contributed by atoms with Gasteiger partial charge in [0.2, 0.25) is 6.79 Å². The summed E-state index contributed by atoms with van der Waals surface area (Å²) >= 11 is 0. The first-order valence-electron chi connectivity index (χ1n) is 9.47. The number of nitrogens with zero attached hydrogens (tertiary/aromatic N) is 2. The van der Waals surface area contributed by atoms with Gasteiger partial charge in [-0.1, -0.05) is 33.8 Å². The second-order valence-electron chi connectivity index (χ2n) is 7.54. The van der Waals surface area contributed by atoms with E-state index in [4.69, 9.17) is 9.47 Å². The predicted molar refractivity (Wildman–Crippen MR) is 111 cm³/mol. The molecule has 2 aromatic rings. The number of rotatable bonds is 6. The van der Waals surface area contributed by atoms with Crippen LogP contribution in [-0.4, -0.2) is 28.9 Å². The van der Waals surface area contributed by atoms with Crippen molar-refractivity contribution in [2.45, 2.75) is 39.5 Å². The van der Waals surface area contributed by atoms with Crippen molar-refractivity contribution in [2.75, 3.05) is 6.79 Å². The highest BCUT2D eigenvalue weighted by Gasteiger charge is 2.23. The van der Waals surface area contributed by atoms with Crippen LogP contribution in [0.3, 0.4) is 0 Å². The molecule has 30 heavy (non-hydrogen) atoms. The number of fused-ring (bicyclic) bond motifs is 1. The van der Waals surface area contributed by atoms with E-state index < -0.39 is 10.8 Å². The molecule has 1 amide bonds. The van der Waals surface area contributed by atoms with Crippen LogP contribution >= 0.6 is 0 Å². The first kappa shape index (κ1) is 21.1. The van der Waals surface area contributed by atoms with E-state index in [1.165, 1.54) is 12.1 Å². The van der Waals surface area contributed by atoms with Crippen LogP contribution in [0, 0.1) is 10.1 Å². The molecule has 0 saturated heterocycles. The second-order valence-corrected chi connectivity index (χ2v) is 7.54. The van der Waals surface area contributed by atoms with E-state index in [-0.39, 0.29) is 46.9 Å². The largest absolute Gasteiger partial charge is 0.507 e. The summed E-state index contributed by atoms with van der Waals surface area (Å²) in [4.78, 5) is 23.4. The summed E-state index contributed by atoms with van der Waals surface area (Å²) in [6.45, 7) is 7.83. The Morgan fingerprint density at radius 2 is 1.83 bits per heavy atom. The number of carbonyl (C=O) groups is 1. The fraction of sp³-hybridized carbons (Fsp3) is 0.333. The number of hydrogen-bond donors (Lipinski definition) is 2. The minimum Gasteiger partial charge on any atom is -0.507 e. The van der Waals surface area contributed by atoms with Crippen molar-refractivity contribution in [1.29, 1.82) is 0 Å². The number of aromatic hydroxyl groups is 1. The number of hydrogen-bond acceptors (Lipinski definition) is 7. The molecule has 0 fully saturated rings. The van der Waals surface area contributed by atoms with Gasteiger partial charge in [0.15, 0.2) is 11.5 Å². The molecule has 9 heteroatoms. The Morgan fingerprint density at radius 3 is 2.43 bits per heavy atom. The lowest BCUT2D eigenvalue weighted by Crippen LogP contribution is -2.19. The second kappa shape index (κ2) is 8.40. The van der Waals surface area contributed by atoms with E-state index in [1.807, 2.05) is 33.8 Å². The van der Waals surface area contributed by atoms with Gasteiger partial charge in [-0.15, -0.1) is 0 Å². The highest BCUT2D eigenvalue weighted by atomic mass is 16.7. The molecule has 0 atom stereocenters. The standard InChI is InChI=1S/C21H23N3O6/c1-11(2)13-5-15(12(3)4)20(25)16(6-13)21(26)23-22-9-14-7-18-19(30-10-29-18)8-17(14)24(27)28/h5-9,11-12,25H,10H2,1-4H3,(H,23,26). The number of nitro benzene ring substituents is 1. The molecule has 0 saturated carbocycles. The third kappa shape index (κ3) is 4.19. The SMILES string of the molecule is CC(C)c1cc(C(=O)NN=Cc2cc3c(cc2[N+](=O)[O-])OCO3)c(O)c(C(C)C)c1. The molecular formula is C21H23N3O6. The van der Waals surface area contributed by atoms with Crippen LogP contribution in [-0.2, 0) is 0 Å². The van der Waals surface area contributed by atoms with Gasteiger partial charge in [0.1, 0.15) is 5.75 Å². The summed E-state index contributed by atoms with van der Waals surface area (Å²) < 4.78 is 10.4. The number of nitro groups is 1. The summed E-state index contributed by atoms with van der Waals surface area (Å²) in [6, 6.07) is 6.18. The molecule has 2 N–H and O–H groups in total. The smallest absolute Gasteiger partial charge is 0.282 e. The number of hydrazone groups is 1. The summed E-state index contributed by atoms with van der Waals surface area (Å²) in [5.41, 5.74) is 3.93. The first-order valence-corrected chi connectivity index (χ1v) is 9.47. The molecule has 2 aromatic carbocycles. The molecule has 0 bridgehead atoms. The zero-order chi connectivity index (χ0) is 22.0. The average molecular weight is 413 g/mol. The van der Waals surface area contributed by atoms with Gasteiger partial charge in [-0.2, -0.15) is 5.10 Å². The maximum Gasteiger partial charge on any atom is 0.282 e. The lowest BCUT2D eigenvalue weighted by Gasteiger charge is -2.16. The topological polar surface area (TPSA) is 123 Å². The van der Waals surface area contributed by atoms with Crippen molar-refractivity contribution >= 4 is 17.8 Å². The minimum absolute atomic E-state index is 0.0204. The quantitative estimate of drug-likeness (QED) is 0.418. The Labute approximate surface area is 173 Å². The minimum atomic E-state index is -0.614. The van der Waals surface area contributed by atoms with Crippen molar-refractivity contribution in [3.8, 4) is 17.2 Å².